The largest absolute Gasteiger partial charge is 0.369 e. The molecule has 0 aliphatic heterocycles. The van der Waals surface area contributed by atoms with Crippen molar-refractivity contribution in [1.82, 2.24) is 0 Å². The first-order chi connectivity index (χ1) is 11.4. The fourth-order valence-electron chi connectivity index (χ4n) is 2.63. The van der Waals surface area contributed by atoms with Crippen molar-refractivity contribution in [2.45, 2.75) is 20.8 Å². The number of hydrogen-bond acceptors (Lipinski definition) is 3. The second kappa shape index (κ2) is 7.51. The van der Waals surface area contributed by atoms with E-state index in [1.165, 1.54) is 11.1 Å². The number of aryl methyl sites for hydroxylation is 3. The van der Waals surface area contributed by atoms with Crippen LogP contribution in [0.5, 0.6) is 0 Å². The minimum absolute atomic E-state index is 0.359. The average Bonchev–Trinajstić information content (AvgIpc) is 2.55. The van der Waals surface area contributed by atoms with E-state index < -0.39 is 0 Å². The second-order valence-electron chi connectivity index (χ2n) is 5.81. The summed E-state index contributed by atoms with van der Waals surface area (Å²) >= 11 is 0. The fourth-order valence-corrected chi connectivity index (χ4v) is 2.63. The van der Waals surface area contributed by atoms with E-state index in [2.05, 4.69) is 42.4 Å². The molecule has 0 bridgehead atoms. The lowest BCUT2D eigenvalue weighted by atomic mass is 10.1. The summed E-state index contributed by atoms with van der Waals surface area (Å²) in [6.07, 6.45) is 0. The molecule has 0 fully saturated rings. The highest BCUT2D eigenvalue weighted by molar-refractivity contribution is 5.96. The van der Waals surface area contributed by atoms with Crippen molar-refractivity contribution in [2.75, 3.05) is 23.9 Å². The molecule has 0 saturated heterocycles. The van der Waals surface area contributed by atoms with Crippen LogP contribution in [0, 0.1) is 32.1 Å². The standard InChI is InChI=1S/C19H23N5/c1-13-8-9-17(15(3)10-13)22-12-23-19(21)24(4)18-14(2)6-5-7-16(18)11-20/h5-10,22H,12H2,1-4H3,(H2,21,23). The van der Waals surface area contributed by atoms with Crippen LogP contribution in [0.25, 0.3) is 0 Å². The first-order valence-electron chi connectivity index (χ1n) is 7.78. The summed E-state index contributed by atoms with van der Waals surface area (Å²) < 4.78 is 0. The lowest BCUT2D eigenvalue weighted by Gasteiger charge is -2.21. The number of hydrogen-bond donors (Lipinski definition) is 2. The van der Waals surface area contributed by atoms with Crippen molar-refractivity contribution in [2.24, 2.45) is 10.7 Å². The van der Waals surface area contributed by atoms with E-state index in [0.29, 0.717) is 18.2 Å². The zero-order valence-corrected chi connectivity index (χ0v) is 14.6. The Morgan fingerprint density at radius 2 is 1.96 bits per heavy atom. The van der Waals surface area contributed by atoms with Crippen LogP contribution in [0.3, 0.4) is 0 Å². The van der Waals surface area contributed by atoms with Gasteiger partial charge >= 0.3 is 0 Å². The maximum atomic E-state index is 9.28. The first kappa shape index (κ1) is 17.4. The summed E-state index contributed by atoms with van der Waals surface area (Å²) in [5.74, 6) is 0.359. The number of nitrogens with one attached hydrogen (secondary N) is 1. The molecular formula is C19H23N5. The smallest absolute Gasteiger partial charge is 0.197 e. The normalized spacial score (nSPS) is 11.0. The van der Waals surface area contributed by atoms with Gasteiger partial charge in [-0.1, -0.05) is 29.8 Å². The molecule has 5 heteroatoms. The molecule has 0 unspecified atom stereocenters. The Hall–Kier alpha value is -3.00. The van der Waals surface area contributed by atoms with E-state index in [9.17, 15) is 5.26 Å². The molecular weight excluding hydrogens is 298 g/mol. The van der Waals surface area contributed by atoms with Crippen molar-refractivity contribution in [3.8, 4) is 6.07 Å². The minimum atomic E-state index is 0.359. The zero-order valence-electron chi connectivity index (χ0n) is 14.6. The van der Waals surface area contributed by atoms with Gasteiger partial charge in [-0.25, -0.2) is 4.99 Å². The van der Waals surface area contributed by atoms with Gasteiger partial charge in [0.2, 0.25) is 0 Å². The Kier molecular flexibility index (Phi) is 5.43. The quantitative estimate of drug-likeness (QED) is 0.669. The average molecular weight is 321 g/mol. The Labute approximate surface area is 143 Å². The van der Waals surface area contributed by atoms with E-state index >= 15 is 0 Å². The highest BCUT2D eigenvalue weighted by Gasteiger charge is 2.12. The fraction of sp³-hybridized carbons (Fsp3) is 0.263. The molecule has 2 rings (SSSR count). The summed E-state index contributed by atoms with van der Waals surface area (Å²) in [6, 6.07) is 14.0. The number of nitriles is 1. The monoisotopic (exact) mass is 321 g/mol. The Morgan fingerprint density at radius 1 is 1.21 bits per heavy atom. The number of aliphatic imine (C=N–C) groups is 1. The van der Waals surface area contributed by atoms with E-state index in [1.807, 2.05) is 32.2 Å². The van der Waals surface area contributed by atoms with Crippen molar-refractivity contribution in [1.29, 1.82) is 5.26 Å². The molecule has 2 aromatic carbocycles. The lowest BCUT2D eigenvalue weighted by Crippen LogP contribution is -2.35. The van der Waals surface area contributed by atoms with Crippen molar-refractivity contribution in [3.63, 3.8) is 0 Å². The topological polar surface area (TPSA) is 77.4 Å². The van der Waals surface area contributed by atoms with E-state index in [1.54, 1.807) is 11.0 Å². The number of rotatable bonds is 4. The summed E-state index contributed by atoms with van der Waals surface area (Å²) in [6.45, 7) is 6.44. The molecule has 0 atom stereocenters. The molecule has 0 aliphatic carbocycles. The first-order valence-corrected chi connectivity index (χ1v) is 7.78. The molecule has 0 aliphatic rings. The third-order valence-electron chi connectivity index (χ3n) is 3.93. The Balaban J connectivity index is 2.12. The summed E-state index contributed by atoms with van der Waals surface area (Å²) in [5, 5.41) is 12.5. The van der Waals surface area contributed by atoms with Gasteiger partial charge in [-0.2, -0.15) is 5.26 Å². The zero-order chi connectivity index (χ0) is 17.7. The van der Waals surface area contributed by atoms with Crippen molar-refractivity contribution < 1.29 is 0 Å². The molecule has 0 amide bonds. The number of nitrogens with zero attached hydrogens (tertiary/aromatic N) is 3. The van der Waals surface area contributed by atoms with Crippen molar-refractivity contribution in [3.05, 3.63) is 58.7 Å². The molecule has 3 N–H and O–H groups in total. The molecule has 0 radical (unpaired) electrons. The highest BCUT2D eigenvalue weighted by atomic mass is 15.3. The van der Waals surface area contributed by atoms with Gasteiger partial charge in [-0.05, 0) is 44.0 Å². The second-order valence-corrected chi connectivity index (χ2v) is 5.81. The van der Waals surface area contributed by atoms with Gasteiger partial charge in [-0.3, -0.25) is 0 Å². The van der Waals surface area contributed by atoms with Crippen LogP contribution in [0.1, 0.15) is 22.3 Å². The van der Waals surface area contributed by atoms with Crippen LogP contribution in [-0.2, 0) is 0 Å². The molecule has 0 saturated carbocycles. The van der Waals surface area contributed by atoms with Crippen LogP contribution in [0.15, 0.2) is 41.4 Å². The van der Waals surface area contributed by atoms with Gasteiger partial charge in [0.05, 0.1) is 11.3 Å². The van der Waals surface area contributed by atoms with Gasteiger partial charge in [0, 0.05) is 12.7 Å². The maximum Gasteiger partial charge on any atom is 0.197 e. The Morgan fingerprint density at radius 3 is 2.62 bits per heavy atom. The molecule has 24 heavy (non-hydrogen) atoms. The van der Waals surface area contributed by atoms with E-state index in [4.69, 9.17) is 5.73 Å². The van der Waals surface area contributed by atoms with Gasteiger partial charge in [0.1, 0.15) is 12.7 Å². The molecule has 5 nitrogen and oxygen atoms in total. The SMILES string of the molecule is Cc1ccc(NCN=C(N)N(C)c2c(C)cccc2C#N)c(C)c1. The van der Waals surface area contributed by atoms with Crippen LogP contribution < -0.4 is 16.0 Å². The number of anilines is 2. The summed E-state index contributed by atoms with van der Waals surface area (Å²) in [5.41, 5.74) is 11.9. The number of guanidine groups is 1. The van der Waals surface area contributed by atoms with Crippen LogP contribution in [0.2, 0.25) is 0 Å². The van der Waals surface area contributed by atoms with Crippen LogP contribution in [0.4, 0.5) is 11.4 Å². The van der Waals surface area contributed by atoms with Crippen LogP contribution >= 0.6 is 0 Å². The number of para-hydroxylation sites is 1. The third-order valence-corrected chi connectivity index (χ3v) is 3.93. The van der Waals surface area contributed by atoms with Gasteiger partial charge in [0.25, 0.3) is 0 Å². The number of nitrogens with two attached hydrogens (primary N) is 1. The third kappa shape index (κ3) is 3.85. The number of benzene rings is 2. The molecule has 2 aromatic rings. The molecule has 0 heterocycles. The van der Waals surface area contributed by atoms with Crippen molar-refractivity contribution >= 4 is 17.3 Å². The summed E-state index contributed by atoms with van der Waals surface area (Å²) in [7, 11) is 1.82. The minimum Gasteiger partial charge on any atom is -0.369 e. The van der Waals surface area contributed by atoms with E-state index in [0.717, 1.165) is 16.9 Å². The van der Waals surface area contributed by atoms with Gasteiger partial charge in [0.15, 0.2) is 5.96 Å². The predicted molar refractivity (Wildman–Crippen MR) is 100 cm³/mol. The highest BCUT2D eigenvalue weighted by Crippen LogP contribution is 2.23. The lowest BCUT2D eigenvalue weighted by molar-refractivity contribution is 1.08. The van der Waals surface area contributed by atoms with Crippen LogP contribution in [-0.4, -0.2) is 19.7 Å². The molecule has 124 valence electrons. The van der Waals surface area contributed by atoms with E-state index in [-0.39, 0.29) is 0 Å². The van der Waals surface area contributed by atoms with Gasteiger partial charge < -0.3 is 16.0 Å². The molecule has 0 spiro atoms. The summed E-state index contributed by atoms with van der Waals surface area (Å²) in [4.78, 5) is 6.12. The molecule has 0 aromatic heterocycles. The maximum absolute atomic E-state index is 9.28. The van der Waals surface area contributed by atoms with Gasteiger partial charge in [-0.15, -0.1) is 0 Å². The predicted octanol–water partition coefficient (Wildman–Crippen LogP) is 3.30. The Bertz CT molecular complexity index is 802.